The minimum atomic E-state index is -0.376. The molecule has 0 saturated carbocycles. The number of amides is 2. The second-order valence-corrected chi connectivity index (χ2v) is 9.81. The van der Waals surface area contributed by atoms with Gasteiger partial charge >= 0.3 is 0 Å². The van der Waals surface area contributed by atoms with Gasteiger partial charge in [0.1, 0.15) is 5.82 Å². The van der Waals surface area contributed by atoms with Crippen LogP contribution in [0.5, 0.6) is 0 Å². The summed E-state index contributed by atoms with van der Waals surface area (Å²) in [6, 6.07) is 13.0. The average Bonchev–Trinajstić information content (AvgIpc) is 3.27. The Morgan fingerprint density at radius 3 is 2.46 bits per heavy atom. The maximum Gasteiger partial charge on any atom is 0.253 e. The van der Waals surface area contributed by atoms with Gasteiger partial charge in [-0.1, -0.05) is 17.3 Å². The molecule has 0 unspecified atom stereocenters. The Balaban J connectivity index is 1.31. The van der Waals surface area contributed by atoms with Crippen LogP contribution in [0.2, 0.25) is 0 Å². The van der Waals surface area contributed by atoms with Crippen molar-refractivity contribution in [1.29, 1.82) is 0 Å². The number of hydrogen-bond donors (Lipinski definition) is 2. The van der Waals surface area contributed by atoms with Gasteiger partial charge in [-0.2, -0.15) is 4.98 Å². The molecule has 1 fully saturated rings. The molecular weight excluding hydrogens is 449 g/mol. The molecule has 2 heterocycles. The first kappa shape index (κ1) is 24.5. The molecule has 0 radical (unpaired) electrons. The molecule has 2 N–H and O–H groups in total. The van der Waals surface area contributed by atoms with Crippen LogP contribution in [0.15, 0.2) is 53.1 Å². The predicted octanol–water partition coefficient (Wildman–Crippen LogP) is 4.25. The van der Waals surface area contributed by atoms with Gasteiger partial charge in [0.25, 0.3) is 5.91 Å². The second kappa shape index (κ2) is 10.4. The number of rotatable bonds is 6. The van der Waals surface area contributed by atoms with Crippen molar-refractivity contribution in [3.05, 3.63) is 65.8 Å². The van der Waals surface area contributed by atoms with Crippen LogP contribution in [0.1, 0.15) is 49.9 Å². The summed E-state index contributed by atoms with van der Waals surface area (Å²) in [7, 11) is 0. The van der Waals surface area contributed by atoms with E-state index >= 15 is 0 Å². The Bertz CT molecular complexity index is 1180. The molecule has 8 nitrogen and oxygen atoms in total. The molecule has 2 aromatic carbocycles. The number of likely N-dealkylation sites (tertiary alicyclic amines) is 1. The summed E-state index contributed by atoms with van der Waals surface area (Å²) in [5, 5.41) is 9.87. The van der Waals surface area contributed by atoms with Gasteiger partial charge in [-0.15, -0.1) is 0 Å². The van der Waals surface area contributed by atoms with Crippen LogP contribution in [-0.2, 0) is 11.3 Å². The Morgan fingerprint density at radius 1 is 1.09 bits per heavy atom. The zero-order valence-corrected chi connectivity index (χ0v) is 20.2. The van der Waals surface area contributed by atoms with Gasteiger partial charge in [0, 0.05) is 17.0 Å². The maximum absolute atomic E-state index is 13.1. The van der Waals surface area contributed by atoms with Crippen molar-refractivity contribution in [2.75, 3.05) is 18.4 Å². The highest BCUT2D eigenvalue weighted by atomic mass is 19.1. The molecule has 35 heavy (non-hydrogen) atoms. The molecule has 0 aliphatic carbocycles. The number of piperidine rings is 1. The first-order valence-electron chi connectivity index (χ1n) is 11.7. The quantitative estimate of drug-likeness (QED) is 0.548. The summed E-state index contributed by atoms with van der Waals surface area (Å²) in [4.78, 5) is 32.2. The van der Waals surface area contributed by atoms with Gasteiger partial charge in [-0.25, -0.2) is 4.39 Å². The number of halogens is 1. The van der Waals surface area contributed by atoms with E-state index in [1.165, 1.54) is 12.1 Å². The summed E-state index contributed by atoms with van der Waals surface area (Å²) in [5.74, 6) is 0.123. The molecule has 0 atom stereocenters. The SMILES string of the molecule is CC(C)(C)NC(=O)c1ccccc1NC(=O)C1CCN(Cc2nc(-c3ccc(F)cc3)no2)CC1. The Kier molecular flexibility index (Phi) is 7.25. The van der Waals surface area contributed by atoms with Crippen LogP contribution in [-0.4, -0.2) is 45.5 Å². The minimum absolute atomic E-state index is 0.0861. The van der Waals surface area contributed by atoms with Crippen LogP contribution in [0.25, 0.3) is 11.4 Å². The normalized spacial score (nSPS) is 15.1. The van der Waals surface area contributed by atoms with Gasteiger partial charge < -0.3 is 15.2 Å². The lowest BCUT2D eigenvalue weighted by atomic mass is 9.95. The van der Waals surface area contributed by atoms with E-state index in [4.69, 9.17) is 4.52 Å². The Labute approximate surface area is 203 Å². The lowest BCUT2D eigenvalue weighted by molar-refractivity contribution is -0.121. The fourth-order valence-corrected chi connectivity index (χ4v) is 4.01. The monoisotopic (exact) mass is 479 g/mol. The average molecular weight is 480 g/mol. The van der Waals surface area contributed by atoms with Crippen molar-refractivity contribution < 1.29 is 18.5 Å². The van der Waals surface area contributed by atoms with Gasteiger partial charge in [-0.3, -0.25) is 14.5 Å². The Morgan fingerprint density at radius 2 is 1.77 bits per heavy atom. The summed E-state index contributed by atoms with van der Waals surface area (Å²) in [6.07, 6.45) is 1.36. The third-order valence-corrected chi connectivity index (χ3v) is 5.81. The molecule has 4 rings (SSSR count). The number of hydrogen-bond acceptors (Lipinski definition) is 6. The fourth-order valence-electron chi connectivity index (χ4n) is 4.01. The van der Waals surface area contributed by atoms with Crippen molar-refractivity contribution in [3.8, 4) is 11.4 Å². The molecule has 1 aliphatic heterocycles. The number of para-hydroxylation sites is 1. The van der Waals surface area contributed by atoms with E-state index in [2.05, 4.69) is 25.7 Å². The number of carbonyl (C=O) groups excluding carboxylic acids is 2. The molecule has 9 heteroatoms. The second-order valence-electron chi connectivity index (χ2n) is 9.81. The number of nitrogens with one attached hydrogen (secondary N) is 2. The van der Waals surface area contributed by atoms with Gasteiger partial charge in [0.15, 0.2) is 0 Å². The van der Waals surface area contributed by atoms with E-state index in [-0.39, 0.29) is 29.1 Å². The van der Waals surface area contributed by atoms with E-state index in [0.29, 0.717) is 61.0 Å². The molecule has 1 saturated heterocycles. The largest absolute Gasteiger partial charge is 0.347 e. The van der Waals surface area contributed by atoms with E-state index in [9.17, 15) is 14.0 Å². The van der Waals surface area contributed by atoms with Crippen molar-refractivity contribution >= 4 is 17.5 Å². The third-order valence-electron chi connectivity index (χ3n) is 5.81. The van der Waals surface area contributed by atoms with E-state index in [1.807, 2.05) is 20.8 Å². The summed E-state index contributed by atoms with van der Waals surface area (Å²) < 4.78 is 18.5. The van der Waals surface area contributed by atoms with E-state index in [1.54, 1.807) is 36.4 Å². The highest BCUT2D eigenvalue weighted by Crippen LogP contribution is 2.23. The van der Waals surface area contributed by atoms with Gasteiger partial charge in [0.2, 0.25) is 17.6 Å². The van der Waals surface area contributed by atoms with Crippen LogP contribution in [0, 0.1) is 11.7 Å². The molecule has 0 spiro atoms. The van der Waals surface area contributed by atoms with Crippen molar-refractivity contribution in [3.63, 3.8) is 0 Å². The Hall–Kier alpha value is -3.59. The molecule has 2 amide bonds. The van der Waals surface area contributed by atoms with Crippen molar-refractivity contribution in [2.24, 2.45) is 5.92 Å². The first-order chi connectivity index (χ1) is 16.7. The third kappa shape index (κ3) is 6.51. The number of carbonyl (C=O) groups is 2. The highest BCUT2D eigenvalue weighted by molar-refractivity contribution is 6.04. The van der Waals surface area contributed by atoms with Crippen LogP contribution in [0.4, 0.5) is 10.1 Å². The zero-order chi connectivity index (χ0) is 25.0. The molecule has 184 valence electrons. The lowest BCUT2D eigenvalue weighted by Crippen LogP contribution is -2.41. The topological polar surface area (TPSA) is 100 Å². The summed E-state index contributed by atoms with van der Waals surface area (Å²) >= 11 is 0. The van der Waals surface area contributed by atoms with Crippen LogP contribution < -0.4 is 10.6 Å². The van der Waals surface area contributed by atoms with Crippen molar-refractivity contribution in [1.82, 2.24) is 20.4 Å². The molecule has 0 bridgehead atoms. The van der Waals surface area contributed by atoms with Crippen LogP contribution in [0.3, 0.4) is 0 Å². The van der Waals surface area contributed by atoms with E-state index < -0.39 is 0 Å². The standard InChI is InChI=1S/C26H30FN5O3/c1-26(2,3)30-25(34)20-6-4-5-7-21(20)28-24(33)18-12-14-32(15-13-18)16-22-29-23(31-35-22)17-8-10-19(27)11-9-17/h4-11,18H,12-16H2,1-3H3,(H,28,33)(H,30,34). The molecule has 3 aromatic rings. The minimum Gasteiger partial charge on any atom is -0.347 e. The number of nitrogens with zero attached hydrogens (tertiary/aromatic N) is 3. The van der Waals surface area contributed by atoms with Crippen molar-refractivity contribution in [2.45, 2.75) is 45.7 Å². The predicted molar refractivity (Wildman–Crippen MR) is 130 cm³/mol. The first-order valence-corrected chi connectivity index (χ1v) is 11.7. The van der Waals surface area contributed by atoms with Gasteiger partial charge in [0.05, 0.1) is 17.8 Å². The van der Waals surface area contributed by atoms with E-state index in [0.717, 1.165) is 0 Å². The summed E-state index contributed by atoms with van der Waals surface area (Å²) in [5.41, 5.74) is 1.27. The molecular formula is C26H30FN5O3. The number of anilines is 1. The fraction of sp³-hybridized carbons (Fsp3) is 0.385. The number of aromatic nitrogens is 2. The number of benzene rings is 2. The summed E-state index contributed by atoms with van der Waals surface area (Å²) in [6.45, 7) is 7.64. The molecule has 1 aromatic heterocycles. The maximum atomic E-state index is 13.1. The zero-order valence-electron chi connectivity index (χ0n) is 20.2. The van der Waals surface area contributed by atoms with Crippen LogP contribution >= 0.6 is 0 Å². The lowest BCUT2D eigenvalue weighted by Gasteiger charge is -2.30. The highest BCUT2D eigenvalue weighted by Gasteiger charge is 2.27. The van der Waals surface area contributed by atoms with Gasteiger partial charge in [-0.05, 0) is 83.1 Å². The smallest absolute Gasteiger partial charge is 0.253 e. The molecule has 1 aliphatic rings.